The van der Waals surface area contributed by atoms with Crippen molar-refractivity contribution in [1.29, 1.82) is 0 Å². The fourth-order valence-electron chi connectivity index (χ4n) is 2.13. The van der Waals surface area contributed by atoms with E-state index in [2.05, 4.69) is 15.0 Å². The van der Waals surface area contributed by atoms with Crippen LogP contribution in [0, 0.1) is 11.9 Å². The van der Waals surface area contributed by atoms with Crippen molar-refractivity contribution in [2.75, 3.05) is 18.9 Å². The number of nitrogens with zero attached hydrogens (tertiary/aromatic N) is 4. The molecule has 0 aromatic carbocycles. The first kappa shape index (κ1) is 17.6. The number of aromatic nitrogens is 4. The molecule has 24 heavy (non-hydrogen) atoms. The number of hydrogen-bond donors (Lipinski definition) is 1. The topological polar surface area (TPSA) is 122 Å². The molecule has 2 heterocycles. The van der Waals surface area contributed by atoms with E-state index < -0.39 is 17.9 Å². The van der Waals surface area contributed by atoms with Gasteiger partial charge < -0.3 is 19.8 Å². The number of nitrogen functional groups attached to an aromatic ring is 1. The number of nitrogens with two attached hydrogens (primary N) is 1. The highest BCUT2D eigenvalue weighted by Crippen LogP contribution is 2.17. The molecule has 130 valence electrons. The maximum Gasteiger partial charge on any atom is 0.302 e. The molecule has 0 unspecified atom stereocenters. The lowest BCUT2D eigenvalue weighted by Crippen LogP contribution is -2.21. The van der Waals surface area contributed by atoms with Crippen LogP contribution in [0.1, 0.15) is 20.3 Å². The number of ether oxygens (including phenoxy) is 2. The zero-order chi connectivity index (χ0) is 17.7. The molecule has 2 rings (SSSR count). The fourth-order valence-corrected chi connectivity index (χ4v) is 2.13. The van der Waals surface area contributed by atoms with Crippen LogP contribution in [-0.2, 0) is 25.6 Å². The first-order valence-electron chi connectivity index (χ1n) is 7.27. The van der Waals surface area contributed by atoms with Crippen LogP contribution in [0.2, 0.25) is 0 Å². The lowest BCUT2D eigenvalue weighted by atomic mass is 10.1. The minimum absolute atomic E-state index is 0.0984. The Labute approximate surface area is 137 Å². The Hall–Kier alpha value is -2.78. The monoisotopic (exact) mass is 339 g/mol. The molecule has 0 radical (unpaired) electrons. The predicted molar refractivity (Wildman–Crippen MR) is 81.1 cm³/mol. The largest absolute Gasteiger partial charge is 0.465 e. The molecule has 0 aliphatic rings. The molecule has 0 aliphatic heterocycles. The lowest BCUT2D eigenvalue weighted by molar-refractivity contribution is -0.146. The van der Waals surface area contributed by atoms with Crippen LogP contribution in [0.25, 0.3) is 11.2 Å². The summed E-state index contributed by atoms with van der Waals surface area (Å²) in [7, 11) is 0. The van der Waals surface area contributed by atoms with Gasteiger partial charge >= 0.3 is 11.9 Å². The van der Waals surface area contributed by atoms with Crippen LogP contribution < -0.4 is 5.73 Å². The average Bonchev–Trinajstić information content (AvgIpc) is 2.89. The molecule has 0 amide bonds. The standard InChI is InChI=1S/C14H18FN5O4/c1-8(21)23-5-10(6-24-9(2)22)3-4-20-7-17-13-11(20)12(15)18-14(16)19-13/h7,10H,3-6H2,1-2H3,(H2,16,18,19). The van der Waals surface area contributed by atoms with Crippen molar-refractivity contribution < 1.29 is 23.5 Å². The zero-order valence-electron chi connectivity index (χ0n) is 13.4. The molecular weight excluding hydrogens is 321 g/mol. The first-order valence-corrected chi connectivity index (χ1v) is 7.27. The Kier molecular flexibility index (Phi) is 5.61. The van der Waals surface area contributed by atoms with E-state index in [9.17, 15) is 14.0 Å². The van der Waals surface area contributed by atoms with Gasteiger partial charge in [-0.1, -0.05) is 0 Å². The van der Waals surface area contributed by atoms with Gasteiger partial charge in [-0.15, -0.1) is 0 Å². The number of imidazole rings is 1. The van der Waals surface area contributed by atoms with E-state index in [1.807, 2.05) is 0 Å². The number of aryl methyl sites for hydroxylation is 1. The molecule has 0 saturated heterocycles. The van der Waals surface area contributed by atoms with Crippen LogP contribution in [0.5, 0.6) is 0 Å². The normalized spacial score (nSPS) is 11.0. The highest BCUT2D eigenvalue weighted by Gasteiger charge is 2.16. The Morgan fingerprint density at radius 2 is 1.88 bits per heavy atom. The average molecular weight is 339 g/mol. The highest BCUT2D eigenvalue weighted by molar-refractivity contribution is 5.71. The van der Waals surface area contributed by atoms with Gasteiger partial charge in [0.2, 0.25) is 11.9 Å². The third kappa shape index (κ3) is 4.61. The van der Waals surface area contributed by atoms with E-state index >= 15 is 0 Å². The van der Waals surface area contributed by atoms with Gasteiger partial charge in [-0.2, -0.15) is 14.4 Å². The Morgan fingerprint density at radius 3 is 2.46 bits per heavy atom. The van der Waals surface area contributed by atoms with Gasteiger partial charge in [-0.05, 0) is 6.42 Å². The Bertz CT molecular complexity index is 730. The zero-order valence-corrected chi connectivity index (χ0v) is 13.4. The first-order chi connectivity index (χ1) is 11.4. The number of esters is 2. The van der Waals surface area contributed by atoms with Crippen LogP contribution in [0.4, 0.5) is 10.3 Å². The third-order valence-corrected chi connectivity index (χ3v) is 3.27. The van der Waals surface area contributed by atoms with Gasteiger partial charge in [-0.3, -0.25) is 9.59 Å². The van der Waals surface area contributed by atoms with Crippen molar-refractivity contribution in [3.63, 3.8) is 0 Å². The number of halogens is 1. The number of carbonyl (C=O) groups is 2. The van der Waals surface area contributed by atoms with E-state index in [0.717, 1.165) is 0 Å². The molecule has 0 aliphatic carbocycles. The molecule has 0 spiro atoms. The molecule has 0 atom stereocenters. The summed E-state index contributed by atoms with van der Waals surface area (Å²) in [6, 6.07) is 0. The van der Waals surface area contributed by atoms with Crippen molar-refractivity contribution in [2.24, 2.45) is 5.92 Å². The van der Waals surface area contributed by atoms with Crippen molar-refractivity contribution in [1.82, 2.24) is 19.5 Å². The van der Waals surface area contributed by atoms with Crippen LogP contribution in [0.3, 0.4) is 0 Å². The van der Waals surface area contributed by atoms with Crippen molar-refractivity contribution in [3.05, 3.63) is 12.3 Å². The molecule has 2 aromatic heterocycles. The number of fused-ring (bicyclic) bond motifs is 1. The molecule has 2 aromatic rings. The van der Waals surface area contributed by atoms with Gasteiger partial charge in [0.15, 0.2) is 5.65 Å². The minimum Gasteiger partial charge on any atom is -0.465 e. The van der Waals surface area contributed by atoms with Crippen molar-refractivity contribution >= 4 is 29.1 Å². The van der Waals surface area contributed by atoms with E-state index in [-0.39, 0.29) is 36.2 Å². The predicted octanol–water partition coefficient (Wildman–Crippen LogP) is 0.680. The number of rotatable bonds is 7. The summed E-state index contributed by atoms with van der Waals surface area (Å²) in [6.07, 6.45) is 1.90. The molecule has 0 saturated carbocycles. The molecule has 9 nitrogen and oxygen atoms in total. The summed E-state index contributed by atoms with van der Waals surface area (Å²) in [5, 5.41) is 0. The molecule has 2 N–H and O–H groups in total. The minimum atomic E-state index is -0.758. The van der Waals surface area contributed by atoms with Gasteiger partial charge in [0, 0.05) is 26.3 Å². The third-order valence-electron chi connectivity index (χ3n) is 3.27. The van der Waals surface area contributed by atoms with Gasteiger partial charge in [0.1, 0.15) is 5.52 Å². The molecule has 10 heteroatoms. The SMILES string of the molecule is CC(=O)OCC(CCn1cnc2nc(N)nc(F)c21)COC(C)=O. The van der Waals surface area contributed by atoms with Crippen molar-refractivity contribution in [2.45, 2.75) is 26.8 Å². The van der Waals surface area contributed by atoms with E-state index in [1.165, 1.54) is 20.2 Å². The van der Waals surface area contributed by atoms with Gasteiger partial charge in [0.25, 0.3) is 0 Å². The van der Waals surface area contributed by atoms with Gasteiger partial charge in [-0.25, -0.2) is 4.98 Å². The smallest absolute Gasteiger partial charge is 0.302 e. The summed E-state index contributed by atoms with van der Waals surface area (Å²) >= 11 is 0. The van der Waals surface area contributed by atoms with Crippen LogP contribution >= 0.6 is 0 Å². The summed E-state index contributed by atoms with van der Waals surface area (Å²) in [4.78, 5) is 33.2. The van der Waals surface area contributed by atoms with E-state index in [1.54, 1.807) is 4.57 Å². The second kappa shape index (κ2) is 7.66. The number of anilines is 1. The molecule has 0 fully saturated rings. The molecular formula is C14H18FN5O4. The summed E-state index contributed by atoms with van der Waals surface area (Å²) in [5.74, 6) is -2.02. The second-order valence-corrected chi connectivity index (χ2v) is 5.24. The maximum absolute atomic E-state index is 13.9. The van der Waals surface area contributed by atoms with Crippen molar-refractivity contribution in [3.8, 4) is 0 Å². The maximum atomic E-state index is 13.9. The Balaban J connectivity index is 2.07. The second-order valence-electron chi connectivity index (χ2n) is 5.24. The summed E-state index contributed by atoms with van der Waals surface area (Å²) in [5.41, 5.74) is 5.69. The van der Waals surface area contributed by atoms with Crippen LogP contribution in [0.15, 0.2) is 6.33 Å². The fraction of sp³-hybridized carbons (Fsp3) is 0.500. The van der Waals surface area contributed by atoms with Crippen LogP contribution in [-0.4, -0.2) is 44.7 Å². The summed E-state index contributed by atoms with van der Waals surface area (Å²) in [6.45, 7) is 3.14. The van der Waals surface area contributed by atoms with E-state index in [0.29, 0.717) is 13.0 Å². The highest BCUT2D eigenvalue weighted by atomic mass is 19.1. The summed E-state index contributed by atoms with van der Waals surface area (Å²) < 4.78 is 25.4. The quantitative estimate of drug-likeness (QED) is 0.577. The Morgan fingerprint density at radius 1 is 1.25 bits per heavy atom. The number of hydrogen-bond acceptors (Lipinski definition) is 8. The molecule has 0 bridgehead atoms. The van der Waals surface area contributed by atoms with Gasteiger partial charge in [0.05, 0.1) is 19.5 Å². The van der Waals surface area contributed by atoms with E-state index in [4.69, 9.17) is 15.2 Å². The lowest BCUT2D eigenvalue weighted by Gasteiger charge is -2.16. The number of carbonyl (C=O) groups excluding carboxylic acids is 2.